The molecule has 5 nitrogen and oxygen atoms in total. The van der Waals surface area contributed by atoms with Gasteiger partial charge in [0.15, 0.2) is 0 Å². The second-order valence-corrected chi connectivity index (χ2v) is 5.73. The summed E-state index contributed by atoms with van der Waals surface area (Å²) in [5.41, 5.74) is 1.64. The lowest BCUT2D eigenvalue weighted by Crippen LogP contribution is -2.29. The van der Waals surface area contributed by atoms with Crippen LogP contribution in [0, 0.1) is 18.6 Å². The first-order valence-electron chi connectivity index (χ1n) is 7.82. The van der Waals surface area contributed by atoms with Crippen LogP contribution in [0.25, 0.3) is 11.3 Å². The van der Waals surface area contributed by atoms with Crippen LogP contribution >= 0.6 is 0 Å². The van der Waals surface area contributed by atoms with Gasteiger partial charge in [-0.05, 0) is 61.0 Å². The predicted molar refractivity (Wildman–Crippen MR) is 93.7 cm³/mol. The van der Waals surface area contributed by atoms with Gasteiger partial charge in [-0.3, -0.25) is 9.59 Å². The average Bonchev–Trinajstić information content (AvgIpc) is 2.60. The van der Waals surface area contributed by atoms with Crippen LogP contribution in [0.15, 0.2) is 59.4 Å². The van der Waals surface area contributed by atoms with Gasteiger partial charge in [0.05, 0.1) is 5.69 Å². The van der Waals surface area contributed by atoms with E-state index in [2.05, 4.69) is 10.4 Å². The Morgan fingerprint density at radius 1 is 1.04 bits per heavy atom. The highest BCUT2D eigenvalue weighted by Crippen LogP contribution is 2.17. The third-order valence-corrected chi connectivity index (χ3v) is 3.76. The van der Waals surface area contributed by atoms with E-state index in [9.17, 15) is 18.4 Å². The Kier molecular flexibility index (Phi) is 4.88. The number of aromatic nitrogens is 2. The number of halogens is 2. The monoisotopic (exact) mass is 355 g/mol. The van der Waals surface area contributed by atoms with Crippen LogP contribution in [0.2, 0.25) is 0 Å². The van der Waals surface area contributed by atoms with Gasteiger partial charge in [-0.2, -0.15) is 5.10 Å². The van der Waals surface area contributed by atoms with Gasteiger partial charge >= 0.3 is 0 Å². The largest absolute Gasteiger partial charge is 0.324 e. The van der Waals surface area contributed by atoms with Crippen molar-refractivity contribution in [1.29, 1.82) is 0 Å². The van der Waals surface area contributed by atoms with Gasteiger partial charge in [0.25, 0.3) is 5.56 Å². The molecule has 1 aromatic heterocycles. The Morgan fingerprint density at radius 3 is 2.42 bits per heavy atom. The highest BCUT2D eigenvalue weighted by Gasteiger charge is 2.10. The van der Waals surface area contributed by atoms with Crippen LogP contribution < -0.4 is 10.9 Å². The van der Waals surface area contributed by atoms with Crippen LogP contribution in [-0.2, 0) is 11.3 Å². The van der Waals surface area contributed by atoms with Crippen LogP contribution in [0.3, 0.4) is 0 Å². The van der Waals surface area contributed by atoms with Gasteiger partial charge in [-0.25, -0.2) is 13.5 Å². The van der Waals surface area contributed by atoms with Crippen molar-refractivity contribution < 1.29 is 13.6 Å². The first-order valence-corrected chi connectivity index (χ1v) is 7.82. The van der Waals surface area contributed by atoms with Gasteiger partial charge < -0.3 is 5.32 Å². The molecule has 3 aromatic rings. The smallest absolute Gasteiger partial charge is 0.267 e. The Labute approximate surface area is 147 Å². The summed E-state index contributed by atoms with van der Waals surface area (Å²) in [4.78, 5) is 24.2. The van der Waals surface area contributed by atoms with Gasteiger partial charge in [0, 0.05) is 17.3 Å². The number of anilines is 1. The molecule has 2 aromatic carbocycles. The van der Waals surface area contributed by atoms with Gasteiger partial charge in [-0.1, -0.05) is 0 Å². The summed E-state index contributed by atoms with van der Waals surface area (Å²) in [5.74, 6) is -1.24. The molecule has 0 atom stereocenters. The predicted octanol–water partition coefficient (Wildman–Crippen LogP) is 3.14. The number of aryl methyl sites for hydroxylation is 1. The van der Waals surface area contributed by atoms with E-state index in [0.717, 1.165) is 4.68 Å². The van der Waals surface area contributed by atoms with Crippen molar-refractivity contribution in [3.63, 3.8) is 0 Å². The molecule has 0 aliphatic rings. The van der Waals surface area contributed by atoms with E-state index in [1.165, 1.54) is 54.6 Å². The fraction of sp³-hybridized carbons (Fsp3) is 0.105. The molecule has 0 bridgehead atoms. The van der Waals surface area contributed by atoms with E-state index in [4.69, 9.17) is 0 Å². The van der Waals surface area contributed by atoms with Gasteiger partial charge in [0.2, 0.25) is 5.91 Å². The Bertz CT molecular complexity index is 1010. The van der Waals surface area contributed by atoms with Crippen molar-refractivity contribution in [3.8, 4) is 11.3 Å². The van der Waals surface area contributed by atoms with E-state index >= 15 is 0 Å². The summed E-state index contributed by atoms with van der Waals surface area (Å²) >= 11 is 0. The topological polar surface area (TPSA) is 64.0 Å². The third-order valence-electron chi connectivity index (χ3n) is 3.76. The molecule has 0 saturated heterocycles. The quantitative estimate of drug-likeness (QED) is 0.782. The summed E-state index contributed by atoms with van der Waals surface area (Å²) in [6.45, 7) is 1.36. The Hall–Kier alpha value is -3.35. The van der Waals surface area contributed by atoms with Crippen LogP contribution in [0.4, 0.5) is 14.5 Å². The molecule has 1 N–H and O–H groups in total. The zero-order valence-electron chi connectivity index (χ0n) is 13.9. The van der Waals surface area contributed by atoms with Crippen molar-refractivity contribution in [3.05, 3.63) is 82.1 Å². The first kappa shape index (κ1) is 17.5. The standard InChI is InChI=1S/C19H15F2N3O2/c1-12-10-15(21)6-7-16(12)22-18(25)11-24-19(26)9-8-17(23-24)13-2-4-14(20)5-3-13/h2-10H,11H2,1H3,(H,22,25). The van der Waals surface area contributed by atoms with Crippen molar-refractivity contribution >= 4 is 11.6 Å². The third kappa shape index (κ3) is 4.00. The van der Waals surface area contributed by atoms with Crippen molar-refractivity contribution in [2.24, 2.45) is 0 Å². The van der Waals surface area contributed by atoms with E-state index in [-0.39, 0.29) is 12.4 Å². The SMILES string of the molecule is Cc1cc(F)ccc1NC(=O)Cn1nc(-c2ccc(F)cc2)ccc1=O. The van der Waals surface area contributed by atoms with E-state index in [1.807, 2.05) is 0 Å². The number of amides is 1. The maximum atomic E-state index is 13.1. The number of rotatable bonds is 4. The molecule has 1 heterocycles. The molecular weight excluding hydrogens is 340 g/mol. The second kappa shape index (κ2) is 7.26. The molecule has 1 amide bonds. The minimum atomic E-state index is -0.467. The molecule has 0 aliphatic heterocycles. The lowest BCUT2D eigenvalue weighted by Gasteiger charge is -2.10. The first-order chi connectivity index (χ1) is 12.4. The molecule has 0 saturated carbocycles. The van der Waals surface area contributed by atoms with Crippen molar-refractivity contribution in [1.82, 2.24) is 9.78 Å². The molecule has 0 fully saturated rings. The maximum absolute atomic E-state index is 13.1. The zero-order valence-corrected chi connectivity index (χ0v) is 13.9. The molecule has 7 heteroatoms. The number of nitrogens with zero attached hydrogens (tertiary/aromatic N) is 2. The molecular formula is C19H15F2N3O2. The van der Waals surface area contributed by atoms with Crippen LogP contribution in [-0.4, -0.2) is 15.7 Å². The van der Waals surface area contributed by atoms with Crippen LogP contribution in [0.1, 0.15) is 5.56 Å². The van der Waals surface area contributed by atoms with Gasteiger partial charge in [0.1, 0.15) is 18.2 Å². The summed E-state index contributed by atoms with van der Waals surface area (Å²) in [6.07, 6.45) is 0. The van der Waals surface area contributed by atoms with Crippen molar-refractivity contribution in [2.45, 2.75) is 13.5 Å². The number of nitrogens with one attached hydrogen (secondary N) is 1. The highest BCUT2D eigenvalue weighted by molar-refractivity contribution is 5.91. The molecule has 0 radical (unpaired) electrons. The molecule has 132 valence electrons. The second-order valence-electron chi connectivity index (χ2n) is 5.73. The summed E-state index contributed by atoms with van der Waals surface area (Å²) in [5, 5.41) is 6.78. The fourth-order valence-corrected chi connectivity index (χ4v) is 2.43. The van der Waals surface area contributed by atoms with E-state index < -0.39 is 17.3 Å². The summed E-state index contributed by atoms with van der Waals surface area (Å²) in [6, 6.07) is 12.4. The van der Waals surface area contributed by atoms with Crippen molar-refractivity contribution in [2.75, 3.05) is 5.32 Å². The highest BCUT2D eigenvalue weighted by atomic mass is 19.1. The van der Waals surface area contributed by atoms with Gasteiger partial charge in [-0.15, -0.1) is 0 Å². The van der Waals surface area contributed by atoms with E-state index in [1.54, 1.807) is 6.92 Å². The summed E-state index contributed by atoms with van der Waals surface area (Å²) in [7, 11) is 0. The maximum Gasteiger partial charge on any atom is 0.267 e. The number of carbonyl (C=O) groups excluding carboxylic acids is 1. The lowest BCUT2D eigenvalue weighted by atomic mass is 10.1. The molecule has 0 aliphatic carbocycles. The lowest BCUT2D eigenvalue weighted by molar-refractivity contribution is -0.117. The molecule has 0 spiro atoms. The fourth-order valence-electron chi connectivity index (χ4n) is 2.43. The summed E-state index contributed by atoms with van der Waals surface area (Å²) < 4.78 is 27.2. The Balaban J connectivity index is 1.80. The number of benzene rings is 2. The minimum Gasteiger partial charge on any atom is -0.324 e. The van der Waals surface area contributed by atoms with E-state index in [0.29, 0.717) is 22.5 Å². The normalized spacial score (nSPS) is 10.6. The van der Waals surface area contributed by atoms with Crippen LogP contribution in [0.5, 0.6) is 0 Å². The molecule has 3 rings (SSSR count). The number of hydrogen-bond acceptors (Lipinski definition) is 3. The molecule has 0 unspecified atom stereocenters. The number of hydrogen-bond donors (Lipinski definition) is 1. The Morgan fingerprint density at radius 2 is 1.73 bits per heavy atom. The minimum absolute atomic E-state index is 0.301. The zero-order chi connectivity index (χ0) is 18.7. The number of carbonyl (C=O) groups is 1. The molecule has 26 heavy (non-hydrogen) atoms. The average molecular weight is 355 g/mol.